The molecule has 0 fully saturated rings. The van der Waals surface area contributed by atoms with Crippen LogP contribution in [0.1, 0.15) is 22.3 Å². The van der Waals surface area contributed by atoms with E-state index in [2.05, 4.69) is 21.2 Å². The topological polar surface area (TPSA) is 84.9 Å². The normalized spacial score (nSPS) is 15.4. The maximum absolute atomic E-state index is 13.5. The van der Waals surface area contributed by atoms with Gasteiger partial charge in [-0.2, -0.15) is 0 Å². The van der Waals surface area contributed by atoms with E-state index in [-0.39, 0.29) is 19.6 Å². The van der Waals surface area contributed by atoms with Crippen molar-refractivity contribution >= 4 is 33.9 Å². The minimum absolute atomic E-state index is 0.0971. The highest BCUT2D eigenvalue weighted by Crippen LogP contribution is 2.25. The Morgan fingerprint density at radius 2 is 1.67 bits per heavy atom. The van der Waals surface area contributed by atoms with Crippen molar-refractivity contribution in [1.82, 2.24) is 10.2 Å². The standard InChI is InChI=1S/C28H27BrN2O5/c1-35-27(33)24(15-20-10-7-13-23(29)14-20)30-26(32)25-16-21-11-5-6-12-22(21)17-31(25)28(34)36-18-19-8-3-2-4-9-19/h2-14,24-25H,15-18H2,1H3,(H,30,32)/t24-,25-/m0/s1. The van der Waals surface area contributed by atoms with Crippen LogP contribution in [0.25, 0.3) is 0 Å². The number of hydrogen-bond donors (Lipinski definition) is 1. The number of amides is 2. The first kappa shape index (κ1) is 25.4. The predicted molar refractivity (Wildman–Crippen MR) is 138 cm³/mol. The molecule has 0 aliphatic carbocycles. The number of benzene rings is 3. The molecule has 7 nitrogen and oxygen atoms in total. The van der Waals surface area contributed by atoms with Crippen LogP contribution in [0.3, 0.4) is 0 Å². The highest BCUT2D eigenvalue weighted by atomic mass is 79.9. The summed E-state index contributed by atoms with van der Waals surface area (Å²) < 4.78 is 11.4. The molecule has 0 bridgehead atoms. The van der Waals surface area contributed by atoms with Gasteiger partial charge in [0.2, 0.25) is 5.91 Å². The Hall–Kier alpha value is -3.65. The van der Waals surface area contributed by atoms with Gasteiger partial charge in [0.1, 0.15) is 18.7 Å². The van der Waals surface area contributed by atoms with E-state index in [9.17, 15) is 14.4 Å². The van der Waals surface area contributed by atoms with Crippen molar-refractivity contribution < 1.29 is 23.9 Å². The molecule has 3 aromatic carbocycles. The molecule has 0 saturated heterocycles. The number of rotatable bonds is 7. The minimum Gasteiger partial charge on any atom is -0.467 e. The molecule has 4 rings (SSSR count). The Morgan fingerprint density at radius 3 is 2.39 bits per heavy atom. The third-order valence-electron chi connectivity index (χ3n) is 6.12. The Kier molecular flexibility index (Phi) is 8.38. The maximum Gasteiger partial charge on any atom is 0.411 e. The third kappa shape index (κ3) is 6.31. The number of fused-ring (bicyclic) bond motifs is 1. The van der Waals surface area contributed by atoms with Gasteiger partial charge in [-0.15, -0.1) is 0 Å². The van der Waals surface area contributed by atoms with Crippen molar-refractivity contribution in [2.45, 2.75) is 38.1 Å². The van der Waals surface area contributed by atoms with E-state index >= 15 is 0 Å². The van der Waals surface area contributed by atoms with Crippen molar-refractivity contribution in [2.75, 3.05) is 7.11 Å². The molecule has 0 radical (unpaired) electrons. The molecule has 1 aliphatic heterocycles. The van der Waals surface area contributed by atoms with Gasteiger partial charge < -0.3 is 14.8 Å². The van der Waals surface area contributed by atoms with Crippen LogP contribution in [-0.2, 0) is 45.1 Å². The molecule has 3 aromatic rings. The van der Waals surface area contributed by atoms with E-state index in [0.29, 0.717) is 6.42 Å². The monoisotopic (exact) mass is 550 g/mol. The van der Waals surface area contributed by atoms with Crippen molar-refractivity contribution in [2.24, 2.45) is 0 Å². The second-order valence-electron chi connectivity index (χ2n) is 8.58. The van der Waals surface area contributed by atoms with Gasteiger partial charge in [0.25, 0.3) is 0 Å². The Bertz CT molecular complexity index is 1230. The number of carbonyl (C=O) groups excluding carboxylic acids is 3. The lowest BCUT2D eigenvalue weighted by molar-refractivity contribution is -0.145. The Labute approximate surface area is 218 Å². The lowest BCUT2D eigenvalue weighted by atomic mass is 9.93. The number of hydrogen-bond acceptors (Lipinski definition) is 5. The van der Waals surface area contributed by atoms with Crippen LogP contribution < -0.4 is 5.32 Å². The molecule has 8 heteroatoms. The fourth-order valence-electron chi connectivity index (χ4n) is 4.25. The van der Waals surface area contributed by atoms with Gasteiger partial charge >= 0.3 is 12.1 Å². The van der Waals surface area contributed by atoms with Crippen molar-refractivity contribution in [1.29, 1.82) is 0 Å². The van der Waals surface area contributed by atoms with Crippen LogP contribution in [0.2, 0.25) is 0 Å². The Balaban J connectivity index is 1.53. The number of halogens is 1. The van der Waals surface area contributed by atoms with Gasteiger partial charge in [0.15, 0.2) is 0 Å². The van der Waals surface area contributed by atoms with Crippen LogP contribution in [-0.4, -0.2) is 42.1 Å². The second-order valence-corrected chi connectivity index (χ2v) is 9.49. The molecular formula is C28H27BrN2O5. The summed E-state index contributed by atoms with van der Waals surface area (Å²) in [4.78, 5) is 40.6. The van der Waals surface area contributed by atoms with Gasteiger partial charge in [0.05, 0.1) is 13.7 Å². The van der Waals surface area contributed by atoms with Crippen molar-refractivity contribution in [3.8, 4) is 0 Å². The van der Waals surface area contributed by atoms with E-state index < -0.39 is 30.1 Å². The quantitative estimate of drug-likeness (QED) is 0.440. The maximum atomic E-state index is 13.5. The zero-order chi connectivity index (χ0) is 25.5. The first-order valence-electron chi connectivity index (χ1n) is 11.6. The second kappa shape index (κ2) is 11.9. The number of nitrogens with one attached hydrogen (secondary N) is 1. The van der Waals surface area contributed by atoms with Crippen LogP contribution >= 0.6 is 15.9 Å². The summed E-state index contributed by atoms with van der Waals surface area (Å²) in [6.07, 6.45) is -0.0255. The summed E-state index contributed by atoms with van der Waals surface area (Å²) in [5.74, 6) is -0.996. The largest absolute Gasteiger partial charge is 0.467 e. The smallest absolute Gasteiger partial charge is 0.411 e. The molecule has 0 spiro atoms. The van der Waals surface area contributed by atoms with Gasteiger partial charge in [-0.3, -0.25) is 9.69 Å². The molecule has 0 unspecified atom stereocenters. The molecule has 2 amide bonds. The van der Waals surface area contributed by atoms with Crippen LogP contribution in [0.15, 0.2) is 83.3 Å². The minimum atomic E-state index is -0.906. The average molecular weight is 551 g/mol. The number of ether oxygens (including phenoxy) is 2. The zero-order valence-electron chi connectivity index (χ0n) is 19.9. The number of carbonyl (C=O) groups is 3. The summed E-state index contributed by atoms with van der Waals surface area (Å²) in [6.45, 7) is 0.330. The van der Waals surface area contributed by atoms with E-state index in [1.807, 2.05) is 78.9 Å². The van der Waals surface area contributed by atoms with Crippen molar-refractivity contribution in [3.63, 3.8) is 0 Å². The average Bonchev–Trinajstić information content (AvgIpc) is 2.90. The molecule has 0 saturated carbocycles. The molecule has 186 valence electrons. The van der Waals surface area contributed by atoms with Crippen LogP contribution in [0.4, 0.5) is 4.79 Å². The highest BCUT2D eigenvalue weighted by molar-refractivity contribution is 9.10. The zero-order valence-corrected chi connectivity index (χ0v) is 21.4. The summed E-state index contributed by atoms with van der Waals surface area (Å²) in [5.41, 5.74) is 3.64. The molecule has 36 heavy (non-hydrogen) atoms. The van der Waals surface area contributed by atoms with Gasteiger partial charge in [-0.05, 0) is 34.4 Å². The van der Waals surface area contributed by atoms with Gasteiger partial charge in [-0.1, -0.05) is 82.7 Å². The summed E-state index contributed by atoms with van der Waals surface area (Å²) >= 11 is 3.43. The first-order chi connectivity index (χ1) is 17.4. The highest BCUT2D eigenvalue weighted by Gasteiger charge is 2.37. The van der Waals surface area contributed by atoms with E-state index in [4.69, 9.17) is 9.47 Å². The molecule has 1 N–H and O–H groups in total. The molecule has 1 heterocycles. The molecule has 0 aromatic heterocycles. The van der Waals surface area contributed by atoms with E-state index in [1.54, 1.807) is 0 Å². The summed E-state index contributed by atoms with van der Waals surface area (Å²) in [6, 6.07) is 22.8. The Morgan fingerprint density at radius 1 is 0.972 bits per heavy atom. The molecule has 1 aliphatic rings. The van der Waals surface area contributed by atoms with E-state index in [1.165, 1.54) is 12.0 Å². The lowest BCUT2D eigenvalue weighted by Crippen LogP contribution is -2.56. The van der Waals surface area contributed by atoms with Crippen molar-refractivity contribution in [3.05, 3.63) is 106 Å². The van der Waals surface area contributed by atoms with Gasteiger partial charge in [-0.25, -0.2) is 9.59 Å². The van der Waals surface area contributed by atoms with Gasteiger partial charge in [0, 0.05) is 17.3 Å². The number of methoxy groups -OCH3 is 1. The fraction of sp³-hybridized carbons (Fsp3) is 0.250. The summed E-state index contributed by atoms with van der Waals surface area (Å²) in [5, 5.41) is 2.82. The van der Waals surface area contributed by atoms with Crippen LogP contribution in [0, 0.1) is 0 Å². The number of nitrogens with zero attached hydrogens (tertiary/aromatic N) is 1. The van der Waals surface area contributed by atoms with E-state index in [0.717, 1.165) is 26.7 Å². The molecule has 2 atom stereocenters. The molecular weight excluding hydrogens is 524 g/mol. The first-order valence-corrected chi connectivity index (χ1v) is 12.4. The lowest BCUT2D eigenvalue weighted by Gasteiger charge is -2.35. The van der Waals surface area contributed by atoms with Crippen LogP contribution in [0.5, 0.6) is 0 Å². The predicted octanol–water partition coefficient (Wildman–Crippen LogP) is 4.41. The summed E-state index contributed by atoms with van der Waals surface area (Å²) in [7, 11) is 1.28. The third-order valence-corrected chi connectivity index (χ3v) is 6.62. The fourth-order valence-corrected chi connectivity index (χ4v) is 4.70. The number of esters is 1. The SMILES string of the molecule is COC(=O)[C@H](Cc1cccc(Br)c1)NC(=O)[C@@H]1Cc2ccccc2CN1C(=O)OCc1ccccc1.